The Balaban J connectivity index is 2.13. The highest BCUT2D eigenvalue weighted by molar-refractivity contribution is 5.96. The average Bonchev–Trinajstić information content (AvgIpc) is 2.38. The fourth-order valence-electron chi connectivity index (χ4n) is 2.79. The number of carbonyl (C=O) groups is 2. The van der Waals surface area contributed by atoms with Gasteiger partial charge in [0, 0.05) is 19.3 Å². The van der Waals surface area contributed by atoms with Crippen molar-refractivity contribution in [3.8, 4) is 0 Å². The van der Waals surface area contributed by atoms with Gasteiger partial charge in [-0.1, -0.05) is 13.3 Å². The van der Waals surface area contributed by atoms with Crippen LogP contribution in [0.5, 0.6) is 0 Å². The maximum absolute atomic E-state index is 12.4. The maximum atomic E-state index is 12.4. The van der Waals surface area contributed by atoms with Crippen molar-refractivity contribution in [2.45, 2.75) is 57.7 Å². The zero-order valence-corrected chi connectivity index (χ0v) is 11.1. The summed E-state index contributed by atoms with van der Waals surface area (Å²) < 4.78 is 5.32. The Bertz CT molecular complexity index is 326. The van der Waals surface area contributed by atoms with Gasteiger partial charge >= 0.3 is 0 Å². The first kappa shape index (κ1) is 13.3. The minimum Gasteiger partial charge on any atom is -0.381 e. The predicted molar refractivity (Wildman–Crippen MR) is 67.0 cm³/mol. The quantitative estimate of drug-likeness (QED) is 0.806. The molecule has 0 aromatic heterocycles. The molecule has 102 valence electrons. The molecular formula is C13H22N2O3. The first-order valence-electron chi connectivity index (χ1n) is 6.85. The first-order chi connectivity index (χ1) is 8.65. The molecule has 0 bridgehead atoms. The molecule has 2 rings (SSSR count). The topological polar surface area (TPSA) is 58.6 Å². The molecule has 2 atom stereocenters. The van der Waals surface area contributed by atoms with Crippen molar-refractivity contribution in [3.05, 3.63) is 0 Å². The molecule has 2 aliphatic rings. The van der Waals surface area contributed by atoms with Gasteiger partial charge in [-0.05, 0) is 26.2 Å². The molecule has 2 heterocycles. The van der Waals surface area contributed by atoms with Crippen LogP contribution in [0, 0.1) is 0 Å². The monoisotopic (exact) mass is 254 g/mol. The van der Waals surface area contributed by atoms with E-state index in [2.05, 4.69) is 5.32 Å². The molecule has 0 aliphatic carbocycles. The van der Waals surface area contributed by atoms with E-state index in [1.165, 1.54) is 0 Å². The molecule has 2 aliphatic heterocycles. The minimum atomic E-state index is -0.353. The molecule has 0 saturated carbocycles. The smallest absolute Gasteiger partial charge is 0.246 e. The number of hydrogen-bond donors (Lipinski definition) is 1. The molecule has 5 heteroatoms. The van der Waals surface area contributed by atoms with E-state index < -0.39 is 0 Å². The normalized spacial score (nSPS) is 30.4. The second-order valence-electron chi connectivity index (χ2n) is 5.11. The lowest BCUT2D eigenvalue weighted by Gasteiger charge is -2.43. The van der Waals surface area contributed by atoms with Crippen molar-refractivity contribution < 1.29 is 14.3 Å². The molecule has 18 heavy (non-hydrogen) atoms. The van der Waals surface area contributed by atoms with Gasteiger partial charge in [-0.25, -0.2) is 0 Å². The van der Waals surface area contributed by atoms with E-state index in [9.17, 15) is 9.59 Å². The van der Waals surface area contributed by atoms with Gasteiger partial charge in [-0.2, -0.15) is 0 Å². The van der Waals surface area contributed by atoms with Gasteiger partial charge in [0.1, 0.15) is 12.1 Å². The summed E-state index contributed by atoms with van der Waals surface area (Å²) in [6.07, 6.45) is 3.29. The van der Waals surface area contributed by atoms with Crippen molar-refractivity contribution >= 4 is 11.8 Å². The predicted octanol–water partition coefficient (Wildman–Crippen LogP) is 0.681. The molecule has 2 amide bonds. The van der Waals surface area contributed by atoms with E-state index in [-0.39, 0.29) is 29.9 Å². The summed E-state index contributed by atoms with van der Waals surface area (Å²) in [4.78, 5) is 26.2. The van der Waals surface area contributed by atoms with Gasteiger partial charge < -0.3 is 15.0 Å². The van der Waals surface area contributed by atoms with Crippen LogP contribution in [0.3, 0.4) is 0 Å². The molecule has 0 aromatic carbocycles. The third-order valence-electron chi connectivity index (χ3n) is 3.83. The van der Waals surface area contributed by atoms with Crippen molar-refractivity contribution in [2.75, 3.05) is 13.2 Å². The first-order valence-corrected chi connectivity index (χ1v) is 6.85. The lowest BCUT2D eigenvalue weighted by molar-refractivity contribution is -0.153. The van der Waals surface area contributed by atoms with E-state index in [1.807, 2.05) is 13.8 Å². The number of piperazine rings is 1. The van der Waals surface area contributed by atoms with Crippen LogP contribution in [-0.2, 0) is 14.3 Å². The van der Waals surface area contributed by atoms with Gasteiger partial charge in [-0.15, -0.1) is 0 Å². The van der Waals surface area contributed by atoms with Gasteiger partial charge in [0.15, 0.2) is 0 Å². The fraction of sp³-hybridized carbons (Fsp3) is 0.846. The molecule has 0 aromatic rings. The Labute approximate surface area is 108 Å². The largest absolute Gasteiger partial charge is 0.381 e. The van der Waals surface area contributed by atoms with E-state index in [0.717, 1.165) is 25.7 Å². The zero-order chi connectivity index (χ0) is 13.1. The molecule has 1 N–H and O–H groups in total. The molecule has 2 fully saturated rings. The SMILES string of the molecule is CCCC1NC(=O)C(C)N(C2CCOCC2)C1=O. The highest BCUT2D eigenvalue weighted by Crippen LogP contribution is 2.22. The summed E-state index contributed by atoms with van der Waals surface area (Å²) in [5, 5.41) is 2.82. The second kappa shape index (κ2) is 5.69. The summed E-state index contributed by atoms with van der Waals surface area (Å²) in [6.45, 7) is 5.20. The van der Waals surface area contributed by atoms with Crippen molar-refractivity contribution in [1.29, 1.82) is 0 Å². The Morgan fingerprint density at radius 2 is 2.00 bits per heavy atom. The molecule has 2 unspecified atom stereocenters. The van der Waals surface area contributed by atoms with Crippen LogP contribution in [0.4, 0.5) is 0 Å². The minimum absolute atomic E-state index is 0.0282. The molecule has 5 nitrogen and oxygen atoms in total. The third-order valence-corrected chi connectivity index (χ3v) is 3.83. The number of nitrogens with one attached hydrogen (secondary N) is 1. The van der Waals surface area contributed by atoms with Gasteiger partial charge in [-0.3, -0.25) is 9.59 Å². The Morgan fingerprint density at radius 1 is 1.33 bits per heavy atom. The lowest BCUT2D eigenvalue weighted by atomic mass is 9.98. The van der Waals surface area contributed by atoms with E-state index in [0.29, 0.717) is 13.2 Å². The number of amides is 2. The Hall–Kier alpha value is -1.10. The Kier molecular flexibility index (Phi) is 4.22. The fourth-order valence-corrected chi connectivity index (χ4v) is 2.79. The summed E-state index contributed by atoms with van der Waals surface area (Å²) >= 11 is 0. The van der Waals surface area contributed by atoms with E-state index in [4.69, 9.17) is 4.74 Å². The Morgan fingerprint density at radius 3 is 2.61 bits per heavy atom. The number of ether oxygens (including phenoxy) is 1. The van der Waals surface area contributed by atoms with Crippen LogP contribution in [0.2, 0.25) is 0 Å². The summed E-state index contributed by atoms with van der Waals surface area (Å²) in [6, 6.07) is -0.526. The van der Waals surface area contributed by atoms with Gasteiger partial charge in [0.25, 0.3) is 0 Å². The van der Waals surface area contributed by atoms with Crippen molar-refractivity contribution in [3.63, 3.8) is 0 Å². The number of hydrogen-bond acceptors (Lipinski definition) is 3. The van der Waals surface area contributed by atoms with Gasteiger partial charge in [0.2, 0.25) is 11.8 Å². The number of nitrogens with zero attached hydrogens (tertiary/aromatic N) is 1. The van der Waals surface area contributed by atoms with Crippen LogP contribution in [0.15, 0.2) is 0 Å². The van der Waals surface area contributed by atoms with Crippen molar-refractivity contribution in [1.82, 2.24) is 10.2 Å². The number of carbonyl (C=O) groups excluding carboxylic acids is 2. The van der Waals surface area contributed by atoms with Crippen LogP contribution in [-0.4, -0.2) is 48.1 Å². The van der Waals surface area contributed by atoms with Crippen LogP contribution >= 0.6 is 0 Å². The highest BCUT2D eigenvalue weighted by Gasteiger charge is 2.41. The van der Waals surface area contributed by atoms with Gasteiger partial charge in [0.05, 0.1) is 0 Å². The third kappa shape index (κ3) is 2.51. The zero-order valence-electron chi connectivity index (χ0n) is 11.1. The second-order valence-corrected chi connectivity index (χ2v) is 5.11. The maximum Gasteiger partial charge on any atom is 0.246 e. The van der Waals surface area contributed by atoms with Crippen LogP contribution in [0.1, 0.15) is 39.5 Å². The van der Waals surface area contributed by atoms with E-state index in [1.54, 1.807) is 4.90 Å². The van der Waals surface area contributed by atoms with Crippen molar-refractivity contribution in [2.24, 2.45) is 0 Å². The summed E-state index contributed by atoms with van der Waals surface area (Å²) in [5.41, 5.74) is 0. The highest BCUT2D eigenvalue weighted by atomic mass is 16.5. The standard InChI is InChI=1S/C13H22N2O3/c1-3-4-11-13(17)15(9(2)12(16)14-11)10-5-7-18-8-6-10/h9-11H,3-8H2,1-2H3,(H,14,16). The summed E-state index contributed by atoms with van der Waals surface area (Å²) in [5.74, 6) is 0.0513. The molecular weight excluding hydrogens is 232 g/mol. The molecule has 0 spiro atoms. The van der Waals surface area contributed by atoms with Crippen LogP contribution in [0.25, 0.3) is 0 Å². The van der Waals surface area contributed by atoms with E-state index >= 15 is 0 Å². The average molecular weight is 254 g/mol. The lowest BCUT2D eigenvalue weighted by Crippen LogP contribution is -2.65. The number of rotatable bonds is 3. The van der Waals surface area contributed by atoms with Crippen LogP contribution < -0.4 is 5.32 Å². The molecule has 2 saturated heterocycles. The summed E-state index contributed by atoms with van der Waals surface area (Å²) in [7, 11) is 0. The molecule has 0 radical (unpaired) electrons.